The summed E-state index contributed by atoms with van der Waals surface area (Å²) in [4.78, 5) is 22.1. The predicted molar refractivity (Wildman–Crippen MR) is 52.5 cm³/mol. The highest BCUT2D eigenvalue weighted by Crippen LogP contribution is 2.11. The minimum absolute atomic E-state index is 0.149. The van der Waals surface area contributed by atoms with E-state index in [1.54, 1.807) is 13.8 Å². The number of amides is 1. The second-order valence-electron chi connectivity index (χ2n) is 3.67. The summed E-state index contributed by atoms with van der Waals surface area (Å²) in [7, 11) is 1.31. The summed E-state index contributed by atoms with van der Waals surface area (Å²) >= 11 is 0. The molecule has 5 nitrogen and oxygen atoms in total. The zero-order valence-electron chi connectivity index (χ0n) is 8.92. The molecule has 0 heterocycles. The summed E-state index contributed by atoms with van der Waals surface area (Å²) in [5.74, 6) is -0.486. The Hall–Kier alpha value is -1.10. The van der Waals surface area contributed by atoms with Crippen LogP contribution in [0.1, 0.15) is 20.3 Å². The van der Waals surface area contributed by atoms with E-state index in [4.69, 9.17) is 5.73 Å². The van der Waals surface area contributed by atoms with Crippen LogP contribution in [0.4, 0.5) is 0 Å². The van der Waals surface area contributed by atoms with Gasteiger partial charge in [0.1, 0.15) is 0 Å². The maximum atomic E-state index is 11.4. The average Bonchev–Trinajstić information content (AvgIpc) is 2.17. The van der Waals surface area contributed by atoms with Crippen molar-refractivity contribution < 1.29 is 14.3 Å². The molecule has 82 valence electrons. The third kappa shape index (κ3) is 4.23. The van der Waals surface area contributed by atoms with Gasteiger partial charge in [-0.1, -0.05) is 0 Å². The maximum Gasteiger partial charge on any atom is 0.307 e. The normalized spacial score (nSPS) is 10.9. The summed E-state index contributed by atoms with van der Waals surface area (Å²) in [5, 5.41) is 2.62. The summed E-state index contributed by atoms with van der Waals surface area (Å²) < 4.78 is 4.43. The van der Waals surface area contributed by atoms with E-state index in [0.717, 1.165) is 0 Å². The second kappa shape index (κ2) is 5.59. The van der Waals surface area contributed by atoms with Crippen LogP contribution >= 0.6 is 0 Å². The van der Waals surface area contributed by atoms with Crippen LogP contribution in [0.25, 0.3) is 0 Å². The molecule has 0 aromatic heterocycles. The fraction of sp³-hybridized carbons (Fsp3) is 0.778. The van der Waals surface area contributed by atoms with E-state index in [1.165, 1.54) is 7.11 Å². The summed E-state index contributed by atoms with van der Waals surface area (Å²) in [5.41, 5.74) is 4.83. The fourth-order valence-electron chi connectivity index (χ4n) is 0.712. The molecule has 0 aliphatic heterocycles. The molecule has 0 saturated carbocycles. The van der Waals surface area contributed by atoms with Crippen LogP contribution in [0.3, 0.4) is 0 Å². The van der Waals surface area contributed by atoms with Crippen LogP contribution < -0.4 is 11.1 Å². The van der Waals surface area contributed by atoms with Crippen molar-refractivity contribution in [1.29, 1.82) is 0 Å². The lowest BCUT2D eigenvalue weighted by Crippen LogP contribution is -2.42. The molecule has 0 aromatic carbocycles. The van der Waals surface area contributed by atoms with Gasteiger partial charge in [0.05, 0.1) is 18.9 Å². The average molecular weight is 202 g/mol. The number of carbonyl (C=O) groups excluding carboxylic acids is 2. The topological polar surface area (TPSA) is 81.4 Å². The van der Waals surface area contributed by atoms with Gasteiger partial charge in [-0.3, -0.25) is 9.59 Å². The number of methoxy groups -OCH3 is 1. The van der Waals surface area contributed by atoms with Crippen molar-refractivity contribution in [3.8, 4) is 0 Å². The first-order valence-corrected chi connectivity index (χ1v) is 4.49. The van der Waals surface area contributed by atoms with Crippen LogP contribution in [0.5, 0.6) is 0 Å². The first-order chi connectivity index (χ1) is 6.44. The van der Waals surface area contributed by atoms with E-state index >= 15 is 0 Å². The number of rotatable bonds is 5. The van der Waals surface area contributed by atoms with E-state index in [0.29, 0.717) is 0 Å². The van der Waals surface area contributed by atoms with E-state index in [-0.39, 0.29) is 31.4 Å². The lowest BCUT2D eigenvalue weighted by molar-refractivity contribution is -0.140. The number of nitrogens with one attached hydrogen (secondary N) is 1. The molecule has 5 heteroatoms. The summed E-state index contributed by atoms with van der Waals surface area (Å²) in [6, 6.07) is 0. The number of nitrogens with two attached hydrogens (primary N) is 1. The molecule has 0 saturated heterocycles. The van der Waals surface area contributed by atoms with Crippen molar-refractivity contribution in [1.82, 2.24) is 5.32 Å². The van der Waals surface area contributed by atoms with Crippen LogP contribution in [-0.4, -0.2) is 32.1 Å². The van der Waals surface area contributed by atoms with Crippen molar-refractivity contribution in [2.45, 2.75) is 20.3 Å². The third-order valence-corrected chi connectivity index (χ3v) is 1.97. The Balaban J connectivity index is 3.80. The lowest BCUT2D eigenvalue weighted by atomic mass is 9.93. The number of ether oxygens (including phenoxy) is 1. The highest BCUT2D eigenvalue weighted by atomic mass is 16.5. The molecule has 0 aromatic rings. The van der Waals surface area contributed by atoms with E-state index in [2.05, 4.69) is 10.1 Å². The van der Waals surface area contributed by atoms with E-state index in [9.17, 15) is 9.59 Å². The highest BCUT2D eigenvalue weighted by molar-refractivity contribution is 5.82. The molecule has 14 heavy (non-hydrogen) atoms. The lowest BCUT2D eigenvalue weighted by Gasteiger charge is -2.20. The molecule has 0 rings (SSSR count). The van der Waals surface area contributed by atoms with Gasteiger partial charge in [-0.05, 0) is 13.8 Å². The van der Waals surface area contributed by atoms with E-state index in [1.807, 2.05) is 0 Å². The minimum Gasteiger partial charge on any atom is -0.469 e. The van der Waals surface area contributed by atoms with Gasteiger partial charge in [-0.25, -0.2) is 0 Å². The molecule has 3 N–H and O–H groups in total. The first kappa shape index (κ1) is 12.9. The molecule has 0 aliphatic carbocycles. The SMILES string of the molecule is COC(=O)CCNC(=O)C(C)(C)CN. The van der Waals surface area contributed by atoms with Crippen molar-refractivity contribution >= 4 is 11.9 Å². The van der Waals surface area contributed by atoms with Crippen LogP contribution in [0.15, 0.2) is 0 Å². The number of hydrogen-bond acceptors (Lipinski definition) is 4. The third-order valence-electron chi connectivity index (χ3n) is 1.97. The number of carbonyl (C=O) groups is 2. The largest absolute Gasteiger partial charge is 0.469 e. The van der Waals surface area contributed by atoms with Gasteiger partial charge in [0, 0.05) is 13.1 Å². The molecular weight excluding hydrogens is 184 g/mol. The van der Waals surface area contributed by atoms with E-state index < -0.39 is 5.41 Å². The summed E-state index contributed by atoms with van der Waals surface area (Å²) in [6.45, 7) is 4.06. The molecule has 1 amide bonds. The monoisotopic (exact) mass is 202 g/mol. The van der Waals surface area contributed by atoms with Gasteiger partial charge in [-0.2, -0.15) is 0 Å². The Kier molecular flexibility index (Phi) is 5.15. The fourth-order valence-corrected chi connectivity index (χ4v) is 0.712. The van der Waals surface area contributed by atoms with Crippen LogP contribution in [-0.2, 0) is 14.3 Å². The van der Waals surface area contributed by atoms with Gasteiger partial charge in [0.2, 0.25) is 5.91 Å². The standard InChI is InChI=1S/C9H18N2O3/c1-9(2,6-10)8(13)11-5-4-7(12)14-3/h4-6,10H2,1-3H3,(H,11,13). The smallest absolute Gasteiger partial charge is 0.307 e. The van der Waals surface area contributed by atoms with Crippen LogP contribution in [0.2, 0.25) is 0 Å². The van der Waals surface area contributed by atoms with Gasteiger partial charge >= 0.3 is 5.97 Å². The van der Waals surface area contributed by atoms with Crippen molar-refractivity contribution in [3.05, 3.63) is 0 Å². The van der Waals surface area contributed by atoms with Crippen LogP contribution in [0, 0.1) is 5.41 Å². The predicted octanol–water partition coefficient (Wildman–Crippen LogP) is -0.349. The summed E-state index contributed by atoms with van der Waals surface area (Å²) in [6.07, 6.45) is 0.183. The van der Waals surface area contributed by atoms with Gasteiger partial charge in [0.15, 0.2) is 0 Å². The maximum absolute atomic E-state index is 11.4. The Morgan fingerprint density at radius 3 is 2.43 bits per heavy atom. The second-order valence-corrected chi connectivity index (χ2v) is 3.67. The molecule has 0 aliphatic rings. The molecule has 0 radical (unpaired) electrons. The zero-order valence-corrected chi connectivity index (χ0v) is 8.92. The molecule has 0 spiro atoms. The van der Waals surface area contributed by atoms with Gasteiger partial charge in [-0.15, -0.1) is 0 Å². The molecule has 0 atom stereocenters. The van der Waals surface area contributed by atoms with Crippen molar-refractivity contribution in [2.75, 3.05) is 20.2 Å². The Morgan fingerprint density at radius 1 is 1.43 bits per heavy atom. The van der Waals surface area contributed by atoms with Crippen molar-refractivity contribution in [3.63, 3.8) is 0 Å². The Morgan fingerprint density at radius 2 is 2.00 bits per heavy atom. The molecule has 0 unspecified atom stereocenters. The zero-order chi connectivity index (χ0) is 11.2. The quantitative estimate of drug-likeness (QED) is 0.597. The van der Waals surface area contributed by atoms with Crippen molar-refractivity contribution in [2.24, 2.45) is 11.1 Å². The molecule has 0 bridgehead atoms. The molecule has 0 fully saturated rings. The molecular formula is C9H18N2O3. The first-order valence-electron chi connectivity index (χ1n) is 4.49. The minimum atomic E-state index is -0.587. The number of hydrogen-bond donors (Lipinski definition) is 2. The van der Waals surface area contributed by atoms with Gasteiger partial charge in [0.25, 0.3) is 0 Å². The Labute approximate surface area is 84.0 Å². The Bertz CT molecular complexity index is 214. The highest BCUT2D eigenvalue weighted by Gasteiger charge is 2.25. The van der Waals surface area contributed by atoms with Gasteiger partial charge < -0.3 is 15.8 Å². The number of esters is 1.